The van der Waals surface area contributed by atoms with Crippen LogP contribution in [-0.4, -0.2) is 37.3 Å². The van der Waals surface area contributed by atoms with Gasteiger partial charge in [-0.3, -0.25) is 14.6 Å². The first kappa shape index (κ1) is 23.5. The van der Waals surface area contributed by atoms with E-state index in [4.69, 9.17) is 11.6 Å². The van der Waals surface area contributed by atoms with Gasteiger partial charge in [0.05, 0.1) is 16.3 Å². The highest BCUT2D eigenvalue weighted by Gasteiger charge is 2.15. The lowest BCUT2D eigenvalue weighted by Gasteiger charge is -2.09. The predicted molar refractivity (Wildman–Crippen MR) is 134 cm³/mol. The number of hydrogen-bond donors (Lipinski definition) is 2. The number of benzene rings is 2. The van der Waals surface area contributed by atoms with Crippen LogP contribution in [0.4, 0.5) is 11.4 Å². The van der Waals surface area contributed by atoms with Crippen LogP contribution in [0.25, 0.3) is 11.4 Å². The maximum absolute atomic E-state index is 12.5. The van der Waals surface area contributed by atoms with Crippen molar-refractivity contribution in [3.63, 3.8) is 0 Å². The maximum atomic E-state index is 12.5. The van der Waals surface area contributed by atoms with Gasteiger partial charge in [-0.25, -0.2) is 0 Å². The molecule has 8 nitrogen and oxygen atoms in total. The minimum atomic E-state index is -0.301. The number of hydrogen-bond acceptors (Lipinski definition) is 6. The molecule has 2 aromatic heterocycles. The Morgan fingerprint density at radius 3 is 2.29 bits per heavy atom. The predicted octanol–water partition coefficient (Wildman–Crippen LogP) is 5.00. The molecule has 2 N–H and O–H groups in total. The van der Waals surface area contributed by atoms with E-state index in [0.29, 0.717) is 33.7 Å². The fourth-order valence-corrected chi connectivity index (χ4v) is 4.23. The number of nitrogens with zero attached hydrogens (tertiary/aromatic N) is 4. The molecule has 4 aromatic rings. The molecule has 0 bridgehead atoms. The summed E-state index contributed by atoms with van der Waals surface area (Å²) in [5, 5.41) is 15.2. The van der Waals surface area contributed by atoms with Crippen LogP contribution in [-0.2, 0) is 11.3 Å². The average Bonchev–Trinajstić information content (AvgIpc) is 3.28. The summed E-state index contributed by atoms with van der Waals surface area (Å²) in [6.45, 7) is 2.68. The Labute approximate surface area is 205 Å². The standard InChI is InChI=1S/C24H21ClN6O2S/c1-2-31-22(16-11-13-26-14-12-16)29-30-24(31)34-15-21(32)27-17-7-9-18(10-8-17)28-23(33)19-5-3-4-6-20(19)25/h3-14H,2,15H2,1H3,(H,27,32)(H,28,33). The van der Waals surface area contributed by atoms with Crippen LogP contribution in [0, 0.1) is 0 Å². The highest BCUT2D eigenvalue weighted by Crippen LogP contribution is 2.24. The SMILES string of the molecule is CCn1c(SCC(=O)Nc2ccc(NC(=O)c3ccccc3Cl)cc2)nnc1-c1ccncc1. The topological polar surface area (TPSA) is 102 Å². The van der Waals surface area contributed by atoms with Crippen molar-refractivity contribution in [1.82, 2.24) is 19.7 Å². The highest BCUT2D eigenvalue weighted by atomic mass is 35.5. The van der Waals surface area contributed by atoms with E-state index in [9.17, 15) is 9.59 Å². The molecule has 10 heteroatoms. The van der Waals surface area contributed by atoms with Crippen molar-refractivity contribution < 1.29 is 9.59 Å². The van der Waals surface area contributed by atoms with Gasteiger partial charge >= 0.3 is 0 Å². The summed E-state index contributed by atoms with van der Waals surface area (Å²) < 4.78 is 1.96. The lowest BCUT2D eigenvalue weighted by molar-refractivity contribution is -0.113. The number of halogens is 1. The minimum Gasteiger partial charge on any atom is -0.325 e. The Morgan fingerprint density at radius 2 is 1.62 bits per heavy atom. The number of amides is 2. The first-order valence-corrected chi connectivity index (χ1v) is 11.8. The van der Waals surface area contributed by atoms with E-state index in [1.54, 1.807) is 60.9 Å². The minimum absolute atomic E-state index is 0.172. The second kappa shape index (κ2) is 11.0. The number of rotatable bonds is 8. The number of thioether (sulfide) groups is 1. The number of nitrogens with one attached hydrogen (secondary N) is 2. The van der Waals surface area contributed by atoms with Gasteiger partial charge in [0.25, 0.3) is 5.91 Å². The van der Waals surface area contributed by atoms with Gasteiger partial charge in [-0.1, -0.05) is 35.5 Å². The molecule has 4 rings (SSSR count). The monoisotopic (exact) mass is 492 g/mol. The van der Waals surface area contributed by atoms with Crippen molar-refractivity contribution in [3.8, 4) is 11.4 Å². The summed E-state index contributed by atoms with van der Waals surface area (Å²) in [4.78, 5) is 28.9. The van der Waals surface area contributed by atoms with Gasteiger partial charge in [-0.15, -0.1) is 10.2 Å². The first-order chi connectivity index (χ1) is 16.5. The number of anilines is 2. The normalized spacial score (nSPS) is 10.6. The van der Waals surface area contributed by atoms with Gasteiger partial charge in [0.2, 0.25) is 5.91 Å². The molecule has 0 radical (unpaired) electrons. The van der Waals surface area contributed by atoms with E-state index in [1.807, 2.05) is 23.6 Å². The zero-order chi connectivity index (χ0) is 23.9. The third-order valence-corrected chi connectivity index (χ3v) is 6.15. The van der Waals surface area contributed by atoms with E-state index in [-0.39, 0.29) is 17.6 Å². The molecule has 0 fully saturated rings. The molecule has 2 aromatic carbocycles. The van der Waals surface area contributed by atoms with Crippen molar-refractivity contribution in [1.29, 1.82) is 0 Å². The van der Waals surface area contributed by atoms with Crippen LogP contribution >= 0.6 is 23.4 Å². The van der Waals surface area contributed by atoms with E-state index < -0.39 is 0 Å². The van der Waals surface area contributed by atoms with E-state index in [2.05, 4.69) is 25.8 Å². The van der Waals surface area contributed by atoms with Crippen molar-refractivity contribution in [2.75, 3.05) is 16.4 Å². The molecule has 172 valence electrons. The fourth-order valence-electron chi connectivity index (χ4n) is 3.20. The third-order valence-electron chi connectivity index (χ3n) is 4.85. The number of pyridine rings is 1. The molecule has 0 atom stereocenters. The van der Waals surface area contributed by atoms with Crippen LogP contribution < -0.4 is 10.6 Å². The van der Waals surface area contributed by atoms with E-state index >= 15 is 0 Å². The van der Waals surface area contributed by atoms with Gasteiger partial charge in [0.1, 0.15) is 0 Å². The Kier molecular flexibility index (Phi) is 7.56. The largest absolute Gasteiger partial charge is 0.325 e. The van der Waals surface area contributed by atoms with E-state index in [1.165, 1.54) is 11.8 Å². The summed E-state index contributed by atoms with van der Waals surface area (Å²) in [7, 11) is 0. The molecule has 0 saturated heterocycles. The molecule has 34 heavy (non-hydrogen) atoms. The van der Waals surface area contributed by atoms with Crippen LogP contribution in [0.5, 0.6) is 0 Å². The Balaban J connectivity index is 1.33. The first-order valence-electron chi connectivity index (χ1n) is 10.5. The maximum Gasteiger partial charge on any atom is 0.257 e. The third kappa shape index (κ3) is 5.62. The van der Waals surface area contributed by atoms with Gasteiger partial charge in [0, 0.05) is 35.9 Å². The van der Waals surface area contributed by atoms with Crippen molar-refractivity contribution in [3.05, 3.63) is 83.6 Å². The quantitative estimate of drug-likeness (QED) is 0.336. The van der Waals surface area contributed by atoms with Crippen LogP contribution in [0.1, 0.15) is 17.3 Å². The highest BCUT2D eigenvalue weighted by molar-refractivity contribution is 7.99. The van der Waals surface area contributed by atoms with Gasteiger partial charge in [0.15, 0.2) is 11.0 Å². The Bertz CT molecular complexity index is 1290. The Hall–Kier alpha value is -3.69. The molecule has 0 saturated carbocycles. The molecular weight excluding hydrogens is 472 g/mol. The smallest absolute Gasteiger partial charge is 0.257 e. The lowest BCUT2D eigenvalue weighted by Crippen LogP contribution is -2.15. The van der Waals surface area contributed by atoms with Crippen LogP contribution in [0.3, 0.4) is 0 Å². The number of carbonyl (C=O) groups excluding carboxylic acids is 2. The van der Waals surface area contributed by atoms with Gasteiger partial charge in [-0.2, -0.15) is 0 Å². The lowest BCUT2D eigenvalue weighted by atomic mass is 10.2. The molecule has 0 aliphatic heterocycles. The van der Waals surface area contributed by atoms with Crippen molar-refractivity contribution in [2.45, 2.75) is 18.6 Å². The summed E-state index contributed by atoms with van der Waals surface area (Å²) in [5.74, 6) is 0.445. The second-order valence-corrected chi connectivity index (χ2v) is 8.48. The second-order valence-electron chi connectivity index (χ2n) is 7.13. The van der Waals surface area contributed by atoms with Gasteiger partial charge in [-0.05, 0) is 55.5 Å². The van der Waals surface area contributed by atoms with Crippen LogP contribution in [0.2, 0.25) is 5.02 Å². The summed E-state index contributed by atoms with van der Waals surface area (Å²) in [6, 6.07) is 17.5. The molecule has 0 aliphatic rings. The van der Waals surface area contributed by atoms with Crippen molar-refractivity contribution in [2.24, 2.45) is 0 Å². The summed E-state index contributed by atoms with van der Waals surface area (Å²) >= 11 is 7.39. The zero-order valence-corrected chi connectivity index (χ0v) is 19.8. The number of aromatic nitrogens is 4. The fraction of sp³-hybridized carbons (Fsp3) is 0.125. The molecule has 2 heterocycles. The van der Waals surface area contributed by atoms with E-state index in [0.717, 1.165) is 11.4 Å². The summed E-state index contributed by atoms with van der Waals surface area (Å²) in [6.07, 6.45) is 3.41. The van der Waals surface area contributed by atoms with Crippen molar-refractivity contribution >= 4 is 46.6 Å². The molecule has 0 unspecified atom stereocenters. The molecule has 0 spiro atoms. The molecule has 2 amide bonds. The summed E-state index contributed by atoms with van der Waals surface area (Å²) in [5.41, 5.74) is 2.53. The zero-order valence-electron chi connectivity index (χ0n) is 18.2. The molecular formula is C24H21ClN6O2S. The number of carbonyl (C=O) groups is 2. The molecule has 0 aliphatic carbocycles. The van der Waals surface area contributed by atoms with Crippen LogP contribution in [0.15, 0.2) is 78.2 Å². The Morgan fingerprint density at radius 1 is 0.941 bits per heavy atom. The van der Waals surface area contributed by atoms with Gasteiger partial charge < -0.3 is 15.2 Å². The average molecular weight is 493 g/mol.